The van der Waals surface area contributed by atoms with Crippen molar-refractivity contribution in [2.45, 2.75) is 38.5 Å². The first-order valence-corrected chi connectivity index (χ1v) is 7.43. The van der Waals surface area contributed by atoms with Crippen molar-refractivity contribution in [3.05, 3.63) is 64.5 Å². The number of nitrogens with zero attached hydrogens (tertiary/aromatic N) is 1. The maximum Gasteiger partial charge on any atom is 0.337 e. The van der Waals surface area contributed by atoms with E-state index in [1.165, 1.54) is 5.56 Å². The molecule has 3 heteroatoms. The molecule has 1 atom stereocenters. The van der Waals surface area contributed by atoms with Gasteiger partial charge in [-0.1, -0.05) is 30.3 Å². The van der Waals surface area contributed by atoms with Gasteiger partial charge in [0.1, 0.15) is 0 Å². The molecule has 3 rings (SSSR count). The highest BCUT2D eigenvalue weighted by Gasteiger charge is 2.24. The van der Waals surface area contributed by atoms with Gasteiger partial charge < -0.3 is 5.11 Å². The molecule has 0 fully saturated rings. The molecule has 3 nitrogen and oxygen atoms in total. The highest BCUT2D eigenvalue weighted by molar-refractivity contribution is 5.89. The van der Waals surface area contributed by atoms with Crippen LogP contribution in [0.3, 0.4) is 0 Å². The Morgan fingerprint density at radius 2 is 2.10 bits per heavy atom. The molecule has 21 heavy (non-hydrogen) atoms. The SMILES string of the molecule is Cc1nc2c(cc1C(=O)O)CCCC2Cc1ccccc1. The highest BCUT2D eigenvalue weighted by atomic mass is 16.4. The molecule has 1 heterocycles. The van der Waals surface area contributed by atoms with Gasteiger partial charge in [0.25, 0.3) is 0 Å². The summed E-state index contributed by atoms with van der Waals surface area (Å²) >= 11 is 0. The van der Waals surface area contributed by atoms with E-state index in [4.69, 9.17) is 0 Å². The zero-order valence-electron chi connectivity index (χ0n) is 12.2. The van der Waals surface area contributed by atoms with Crippen LogP contribution >= 0.6 is 0 Å². The fourth-order valence-electron chi connectivity index (χ4n) is 3.21. The van der Waals surface area contributed by atoms with E-state index in [-0.39, 0.29) is 0 Å². The molecule has 1 aromatic carbocycles. The lowest BCUT2D eigenvalue weighted by Crippen LogP contribution is -2.17. The number of carboxylic acids is 1. The van der Waals surface area contributed by atoms with Crippen LogP contribution in [0.2, 0.25) is 0 Å². The fourth-order valence-corrected chi connectivity index (χ4v) is 3.21. The van der Waals surface area contributed by atoms with Crippen LogP contribution < -0.4 is 0 Å². The number of aromatic carboxylic acids is 1. The quantitative estimate of drug-likeness (QED) is 0.932. The van der Waals surface area contributed by atoms with E-state index in [9.17, 15) is 9.90 Å². The lowest BCUT2D eigenvalue weighted by molar-refractivity contribution is 0.0695. The first-order chi connectivity index (χ1) is 10.1. The minimum atomic E-state index is -0.881. The van der Waals surface area contributed by atoms with E-state index in [0.29, 0.717) is 17.2 Å². The molecule has 0 saturated carbocycles. The third-order valence-electron chi connectivity index (χ3n) is 4.27. The van der Waals surface area contributed by atoms with Crippen molar-refractivity contribution in [1.82, 2.24) is 4.98 Å². The molecule has 1 N–H and O–H groups in total. The molecule has 1 aliphatic rings. The van der Waals surface area contributed by atoms with E-state index in [1.807, 2.05) is 12.1 Å². The normalized spacial score (nSPS) is 17.3. The fraction of sp³-hybridized carbons (Fsp3) is 0.333. The number of pyridine rings is 1. The predicted molar refractivity (Wildman–Crippen MR) is 81.8 cm³/mol. The molecule has 0 radical (unpaired) electrons. The summed E-state index contributed by atoms with van der Waals surface area (Å²) in [5.41, 5.74) is 4.50. The third-order valence-corrected chi connectivity index (χ3v) is 4.27. The average molecular weight is 281 g/mol. The van der Waals surface area contributed by atoms with Gasteiger partial charge in [0.15, 0.2) is 0 Å². The highest BCUT2D eigenvalue weighted by Crippen LogP contribution is 2.33. The van der Waals surface area contributed by atoms with Crippen LogP contribution in [0.5, 0.6) is 0 Å². The van der Waals surface area contributed by atoms with Gasteiger partial charge in [0, 0.05) is 11.6 Å². The second-order valence-corrected chi connectivity index (χ2v) is 5.75. The predicted octanol–water partition coefficient (Wildman–Crippen LogP) is 3.75. The summed E-state index contributed by atoms with van der Waals surface area (Å²) in [4.78, 5) is 15.9. The van der Waals surface area contributed by atoms with Gasteiger partial charge in [0.2, 0.25) is 0 Å². The number of aromatic nitrogens is 1. The van der Waals surface area contributed by atoms with E-state index in [2.05, 4.69) is 29.2 Å². The summed E-state index contributed by atoms with van der Waals surface area (Å²) in [6.07, 6.45) is 4.15. The maximum atomic E-state index is 11.2. The second-order valence-electron chi connectivity index (χ2n) is 5.75. The molecular formula is C18H19NO2. The second kappa shape index (κ2) is 5.68. The molecule has 1 aliphatic carbocycles. The minimum Gasteiger partial charge on any atom is -0.478 e. The number of carbonyl (C=O) groups is 1. The molecule has 1 aromatic heterocycles. The van der Waals surface area contributed by atoms with E-state index in [1.54, 1.807) is 6.92 Å². The monoisotopic (exact) mass is 281 g/mol. The first kappa shape index (κ1) is 13.8. The lowest BCUT2D eigenvalue weighted by Gasteiger charge is -2.25. The largest absolute Gasteiger partial charge is 0.478 e. The van der Waals surface area contributed by atoms with Crippen LogP contribution in [0.1, 0.15) is 51.6 Å². The van der Waals surface area contributed by atoms with Crippen molar-refractivity contribution in [3.63, 3.8) is 0 Å². The van der Waals surface area contributed by atoms with Crippen molar-refractivity contribution >= 4 is 5.97 Å². The Balaban J connectivity index is 1.94. The Hall–Kier alpha value is -2.16. The summed E-state index contributed by atoms with van der Waals surface area (Å²) in [6.45, 7) is 1.79. The van der Waals surface area contributed by atoms with Crippen LogP contribution in [-0.2, 0) is 12.8 Å². The summed E-state index contributed by atoms with van der Waals surface area (Å²) in [5.74, 6) is -0.481. The minimum absolute atomic E-state index is 0.342. The Bertz CT molecular complexity index is 664. The molecule has 0 bridgehead atoms. The Labute approximate surface area is 124 Å². The molecule has 0 spiro atoms. The summed E-state index contributed by atoms with van der Waals surface area (Å²) in [6, 6.07) is 12.3. The van der Waals surface area contributed by atoms with Crippen molar-refractivity contribution in [3.8, 4) is 0 Å². The molecule has 108 valence electrons. The van der Waals surface area contributed by atoms with E-state index >= 15 is 0 Å². The zero-order valence-corrected chi connectivity index (χ0v) is 12.2. The molecule has 0 amide bonds. The lowest BCUT2D eigenvalue weighted by atomic mass is 9.82. The maximum absolute atomic E-state index is 11.2. The van der Waals surface area contributed by atoms with Crippen LogP contribution in [-0.4, -0.2) is 16.1 Å². The van der Waals surface area contributed by atoms with Crippen molar-refractivity contribution in [1.29, 1.82) is 0 Å². The number of hydrogen-bond acceptors (Lipinski definition) is 2. The van der Waals surface area contributed by atoms with Gasteiger partial charge >= 0.3 is 5.97 Å². The van der Waals surface area contributed by atoms with E-state index < -0.39 is 5.97 Å². The van der Waals surface area contributed by atoms with Crippen LogP contribution in [0.15, 0.2) is 36.4 Å². The first-order valence-electron chi connectivity index (χ1n) is 7.43. The number of benzene rings is 1. The summed E-state index contributed by atoms with van der Waals surface area (Å²) in [5, 5.41) is 9.23. The van der Waals surface area contributed by atoms with Gasteiger partial charge in [-0.2, -0.15) is 0 Å². The third kappa shape index (κ3) is 2.82. The van der Waals surface area contributed by atoms with Gasteiger partial charge in [-0.05, 0) is 49.8 Å². The number of aryl methyl sites for hydroxylation is 2. The van der Waals surface area contributed by atoms with Crippen molar-refractivity contribution in [2.24, 2.45) is 0 Å². The van der Waals surface area contributed by atoms with Gasteiger partial charge in [0.05, 0.1) is 11.3 Å². The summed E-state index contributed by atoms with van der Waals surface area (Å²) in [7, 11) is 0. The van der Waals surface area contributed by atoms with Crippen LogP contribution in [0, 0.1) is 6.92 Å². The van der Waals surface area contributed by atoms with Gasteiger partial charge in [-0.3, -0.25) is 4.98 Å². The summed E-state index contributed by atoms with van der Waals surface area (Å²) < 4.78 is 0. The molecule has 0 aliphatic heterocycles. The average Bonchev–Trinajstić information content (AvgIpc) is 2.48. The Morgan fingerprint density at radius 3 is 2.81 bits per heavy atom. The zero-order chi connectivity index (χ0) is 14.8. The Morgan fingerprint density at radius 1 is 1.33 bits per heavy atom. The molecule has 2 aromatic rings. The standard InChI is InChI=1S/C18H19NO2/c1-12-16(18(20)21)11-15-9-5-8-14(17(15)19-12)10-13-6-3-2-4-7-13/h2-4,6-7,11,14H,5,8-10H2,1H3,(H,20,21). The molecular weight excluding hydrogens is 262 g/mol. The van der Waals surface area contributed by atoms with Crippen molar-refractivity contribution < 1.29 is 9.90 Å². The number of rotatable bonds is 3. The number of fused-ring (bicyclic) bond motifs is 1. The molecule has 0 saturated heterocycles. The number of hydrogen-bond donors (Lipinski definition) is 1. The van der Waals surface area contributed by atoms with Gasteiger partial charge in [-0.25, -0.2) is 4.79 Å². The van der Waals surface area contributed by atoms with Crippen molar-refractivity contribution in [2.75, 3.05) is 0 Å². The molecule has 1 unspecified atom stereocenters. The van der Waals surface area contributed by atoms with Crippen LogP contribution in [0.25, 0.3) is 0 Å². The van der Waals surface area contributed by atoms with Gasteiger partial charge in [-0.15, -0.1) is 0 Å². The Kier molecular flexibility index (Phi) is 3.74. The smallest absolute Gasteiger partial charge is 0.337 e. The topological polar surface area (TPSA) is 50.2 Å². The van der Waals surface area contributed by atoms with Crippen LogP contribution in [0.4, 0.5) is 0 Å². The number of carboxylic acid groups (broad SMARTS) is 1. The van der Waals surface area contributed by atoms with E-state index in [0.717, 1.165) is 36.9 Å².